The maximum absolute atomic E-state index is 11.0. The number of carbonyl (C=O) groups is 1. The molecule has 1 aliphatic heterocycles. The average Bonchev–Trinajstić information content (AvgIpc) is 2.19. The number of hydrogen-bond donors (Lipinski definition) is 1. The molecule has 1 fully saturated rings. The van der Waals surface area contributed by atoms with Gasteiger partial charge in [0.15, 0.2) is 0 Å². The molecule has 4 nitrogen and oxygen atoms in total. The molecule has 0 amide bonds. The summed E-state index contributed by atoms with van der Waals surface area (Å²) in [5, 5.41) is 9.09. The van der Waals surface area contributed by atoms with Crippen LogP contribution in [-0.4, -0.2) is 59.6 Å². The lowest BCUT2D eigenvalue weighted by atomic mass is 9.89. The molecule has 0 spiro atoms. The second-order valence-electron chi connectivity index (χ2n) is 6.45. The highest BCUT2D eigenvalue weighted by Crippen LogP contribution is 2.24. The highest BCUT2D eigenvalue weighted by atomic mass is 16.4. The number of rotatable bonds is 4. The SMILES string of the molecule is CN1CCN(CCC(C)(C)C(=O)O)CC1(C)C. The van der Waals surface area contributed by atoms with Crippen molar-refractivity contribution in [1.82, 2.24) is 9.80 Å². The van der Waals surface area contributed by atoms with E-state index in [0.717, 1.165) is 26.2 Å². The lowest BCUT2D eigenvalue weighted by Crippen LogP contribution is -2.57. The summed E-state index contributed by atoms with van der Waals surface area (Å²) in [5.41, 5.74) is -0.431. The van der Waals surface area contributed by atoms with Gasteiger partial charge in [-0.05, 0) is 47.7 Å². The summed E-state index contributed by atoms with van der Waals surface area (Å²) in [4.78, 5) is 15.8. The maximum atomic E-state index is 11.0. The summed E-state index contributed by atoms with van der Waals surface area (Å²) in [7, 11) is 2.15. The predicted octanol–water partition coefficient (Wildman–Crippen LogP) is 1.51. The highest BCUT2D eigenvalue weighted by Gasteiger charge is 2.33. The van der Waals surface area contributed by atoms with Gasteiger partial charge in [0.05, 0.1) is 5.41 Å². The van der Waals surface area contributed by atoms with Crippen LogP contribution in [0.2, 0.25) is 0 Å². The second-order valence-corrected chi connectivity index (χ2v) is 6.45. The molecule has 1 aliphatic rings. The van der Waals surface area contributed by atoms with Crippen molar-refractivity contribution in [1.29, 1.82) is 0 Å². The van der Waals surface area contributed by atoms with Gasteiger partial charge in [-0.3, -0.25) is 9.69 Å². The number of piperazine rings is 1. The molecule has 0 saturated carbocycles. The third kappa shape index (κ3) is 3.68. The van der Waals surface area contributed by atoms with Crippen LogP contribution in [0.1, 0.15) is 34.1 Å². The van der Waals surface area contributed by atoms with E-state index < -0.39 is 11.4 Å². The molecule has 0 radical (unpaired) electrons. The Hall–Kier alpha value is -0.610. The number of aliphatic carboxylic acids is 1. The molecule has 0 atom stereocenters. The van der Waals surface area contributed by atoms with E-state index in [4.69, 9.17) is 5.11 Å². The molecule has 0 aliphatic carbocycles. The summed E-state index contributed by atoms with van der Waals surface area (Å²) in [5.74, 6) is -0.703. The van der Waals surface area contributed by atoms with E-state index in [9.17, 15) is 4.79 Å². The molecule has 0 aromatic carbocycles. The number of hydrogen-bond acceptors (Lipinski definition) is 3. The van der Waals surface area contributed by atoms with Crippen LogP contribution >= 0.6 is 0 Å². The van der Waals surface area contributed by atoms with Gasteiger partial charge in [0.25, 0.3) is 0 Å². The Morgan fingerprint density at radius 1 is 1.35 bits per heavy atom. The standard InChI is InChI=1S/C13H26N2O2/c1-12(2,11(16)17)6-7-15-9-8-14(5)13(3,4)10-15/h6-10H2,1-5H3,(H,16,17). The first-order valence-electron chi connectivity index (χ1n) is 6.32. The van der Waals surface area contributed by atoms with E-state index in [2.05, 4.69) is 30.7 Å². The molecule has 0 aromatic rings. The summed E-state index contributed by atoms with van der Waals surface area (Å²) in [6, 6.07) is 0. The van der Waals surface area contributed by atoms with Crippen LogP contribution in [0.15, 0.2) is 0 Å². The zero-order chi connectivity index (χ0) is 13.3. The molecule has 100 valence electrons. The molecule has 17 heavy (non-hydrogen) atoms. The first kappa shape index (κ1) is 14.5. The fraction of sp³-hybridized carbons (Fsp3) is 0.923. The fourth-order valence-electron chi connectivity index (χ4n) is 2.08. The van der Waals surface area contributed by atoms with Gasteiger partial charge in [-0.25, -0.2) is 0 Å². The smallest absolute Gasteiger partial charge is 0.309 e. The number of likely N-dealkylation sites (N-methyl/N-ethyl adjacent to an activating group) is 1. The summed E-state index contributed by atoms with van der Waals surface area (Å²) >= 11 is 0. The Labute approximate surface area is 105 Å². The Bertz CT molecular complexity index is 287. The first-order valence-corrected chi connectivity index (χ1v) is 6.32. The van der Waals surface area contributed by atoms with Crippen molar-refractivity contribution < 1.29 is 9.90 Å². The van der Waals surface area contributed by atoms with Crippen LogP contribution in [-0.2, 0) is 4.79 Å². The van der Waals surface area contributed by atoms with Gasteiger partial charge in [-0.2, -0.15) is 0 Å². The monoisotopic (exact) mass is 242 g/mol. The van der Waals surface area contributed by atoms with Crippen LogP contribution in [0.5, 0.6) is 0 Å². The number of carboxylic acid groups (broad SMARTS) is 1. The molecule has 0 unspecified atom stereocenters. The van der Waals surface area contributed by atoms with Gasteiger partial charge < -0.3 is 10.0 Å². The van der Waals surface area contributed by atoms with E-state index in [0.29, 0.717) is 6.42 Å². The molecular weight excluding hydrogens is 216 g/mol. The van der Waals surface area contributed by atoms with Gasteiger partial charge in [0, 0.05) is 25.2 Å². The number of nitrogens with zero attached hydrogens (tertiary/aromatic N) is 2. The molecule has 1 heterocycles. The van der Waals surface area contributed by atoms with Gasteiger partial charge in [-0.15, -0.1) is 0 Å². The minimum absolute atomic E-state index is 0.186. The van der Waals surface area contributed by atoms with E-state index in [1.54, 1.807) is 13.8 Å². The van der Waals surface area contributed by atoms with E-state index in [1.165, 1.54) is 0 Å². The maximum Gasteiger partial charge on any atom is 0.309 e. The Morgan fingerprint density at radius 2 is 1.94 bits per heavy atom. The van der Waals surface area contributed by atoms with Crippen molar-refractivity contribution >= 4 is 5.97 Å². The van der Waals surface area contributed by atoms with Crippen LogP contribution in [0.3, 0.4) is 0 Å². The molecule has 0 aromatic heterocycles. The molecule has 1 saturated heterocycles. The van der Waals surface area contributed by atoms with E-state index >= 15 is 0 Å². The summed E-state index contributed by atoms with van der Waals surface area (Å²) in [6.07, 6.45) is 0.710. The quantitative estimate of drug-likeness (QED) is 0.811. The minimum Gasteiger partial charge on any atom is -0.481 e. The van der Waals surface area contributed by atoms with Crippen LogP contribution in [0, 0.1) is 5.41 Å². The minimum atomic E-state index is -0.703. The highest BCUT2D eigenvalue weighted by molar-refractivity contribution is 5.73. The summed E-state index contributed by atoms with van der Waals surface area (Å²) in [6.45, 7) is 12.1. The molecule has 1 rings (SSSR count). The van der Waals surface area contributed by atoms with Gasteiger partial charge >= 0.3 is 5.97 Å². The van der Waals surface area contributed by atoms with Crippen molar-refractivity contribution in [2.75, 3.05) is 33.2 Å². The van der Waals surface area contributed by atoms with Crippen molar-refractivity contribution in [2.24, 2.45) is 5.41 Å². The van der Waals surface area contributed by atoms with Crippen LogP contribution < -0.4 is 0 Å². The Morgan fingerprint density at radius 3 is 2.41 bits per heavy atom. The van der Waals surface area contributed by atoms with Crippen molar-refractivity contribution in [3.8, 4) is 0 Å². The normalized spacial score (nSPS) is 22.6. The van der Waals surface area contributed by atoms with Crippen molar-refractivity contribution in [3.63, 3.8) is 0 Å². The van der Waals surface area contributed by atoms with Crippen molar-refractivity contribution in [3.05, 3.63) is 0 Å². The average molecular weight is 242 g/mol. The zero-order valence-electron chi connectivity index (χ0n) is 11.8. The zero-order valence-corrected chi connectivity index (χ0v) is 11.8. The molecule has 4 heteroatoms. The predicted molar refractivity (Wildman–Crippen MR) is 69.2 cm³/mol. The molecule has 1 N–H and O–H groups in total. The van der Waals surface area contributed by atoms with E-state index in [-0.39, 0.29) is 5.54 Å². The second kappa shape index (κ2) is 4.94. The van der Waals surface area contributed by atoms with Gasteiger partial charge in [0.1, 0.15) is 0 Å². The number of carboxylic acids is 1. The third-order valence-electron chi connectivity index (χ3n) is 4.03. The Balaban J connectivity index is 2.47. The van der Waals surface area contributed by atoms with Gasteiger partial charge in [0.2, 0.25) is 0 Å². The fourth-order valence-corrected chi connectivity index (χ4v) is 2.08. The summed E-state index contributed by atoms with van der Waals surface area (Å²) < 4.78 is 0. The largest absolute Gasteiger partial charge is 0.481 e. The first-order chi connectivity index (χ1) is 7.65. The Kier molecular flexibility index (Phi) is 4.20. The lowest BCUT2D eigenvalue weighted by Gasteiger charge is -2.45. The molecule has 0 bridgehead atoms. The van der Waals surface area contributed by atoms with Crippen LogP contribution in [0.25, 0.3) is 0 Å². The lowest BCUT2D eigenvalue weighted by molar-refractivity contribution is -0.147. The van der Waals surface area contributed by atoms with Crippen LogP contribution in [0.4, 0.5) is 0 Å². The van der Waals surface area contributed by atoms with Gasteiger partial charge in [-0.1, -0.05) is 0 Å². The topological polar surface area (TPSA) is 43.8 Å². The third-order valence-corrected chi connectivity index (χ3v) is 4.03. The van der Waals surface area contributed by atoms with Crippen molar-refractivity contribution in [2.45, 2.75) is 39.7 Å². The van der Waals surface area contributed by atoms with E-state index in [1.807, 2.05) is 0 Å². The molecular formula is C13H26N2O2.